The van der Waals surface area contributed by atoms with Crippen molar-refractivity contribution in [3.8, 4) is 11.5 Å². The first-order chi connectivity index (χ1) is 17.0. The lowest BCUT2D eigenvalue weighted by Crippen LogP contribution is -2.38. The van der Waals surface area contributed by atoms with Gasteiger partial charge < -0.3 is 9.84 Å². The number of para-hydroxylation sites is 1. The third-order valence-corrected chi connectivity index (χ3v) is 7.56. The molecule has 4 aromatic rings. The van der Waals surface area contributed by atoms with E-state index in [1.54, 1.807) is 34.9 Å². The Hall–Kier alpha value is -3.97. The molecule has 0 amide bonds. The first-order valence-electron chi connectivity index (χ1n) is 11.3. The van der Waals surface area contributed by atoms with Crippen molar-refractivity contribution in [1.82, 2.24) is 4.57 Å². The SMILES string of the molecule is COc1cccc(/C=c2\sc3n(c2=O)C(c2cccc(F)c2)C2=C(N=3)c3ccccc3CC2)c1O. The van der Waals surface area contributed by atoms with Crippen molar-refractivity contribution in [2.24, 2.45) is 4.99 Å². The van der Waals surface area contributed by atoms with Crippen molar-refractivity contribution in [2.75, 3.05) is 7.11 Å². The van der Waals surface area contributed by atoms with Crippen LogP contribution in [-0.2, 0) is 6.42 Å². The molecule has 1 N–H and O–H groups in total. The molecular formula is C28H21FN2O3S. The van der Waals surface area contributed by atoms with Crippen LogP contribution in [0, 0.1) is 5.82 Å². The Balaban J connectivity index is 1.63. The molecule has 174 valence electrons. The predicted octanol–water partition coefficient (Wildman–Crippen LogP) is 4.17. The van der Waals surface area contributed by atoms with Gasteiger partial charge in [-0.1, -0.05) is 59.9 Å². The summed E-state index contributed by atoms with van der Waals surface area (Å²) in [6, 6.07) is 19.3. The number of hydrogen-bond donors (Lipinski definition) is 1. The van der Waals surface area contributed by atoms with Crippen molar-refractivity contribution in [3.63, 3.8) is 0 Å². The molecule has 2 heterocycles. The van der Waals surface area contributed by atoms with Gasteiger partial charge in [0.1, 0.15) is 5.82 Å². The highest BCUT2D eigenvalue weighted by molar-refractivity contribution is 7.07. The van der Waals surface area contributed by atoms with Crippen LogP contribution in [0.5, 0.6) is 11.5 Å². The molecule has 2 aliphatic rings. The van der Waals surface area contributed by atoms with E-state index >= 15 is 0 Å². The maximum Gasteiger partial charge on any atom is 0.271 e. The zero-order valence-electron chi connectivity index (χ0n) is 18.9. The summed E-state index contributed by atoms with van der Waals surface area (Å²) in [4.78, 5) is 19.2. The second-order valence-corrected chi connectivity index (χ2v) is 9.58. The summed E-state index contributed by atoms with van der Waals surface area (Å²) in [7, 11) is 1.48. The fourth-order valence-corrected chi connectivity index (χ4v) is 5.95. The molecule has 1 aliphatic carbocycles. The Morgan fingerprint density at radius 1 is 1.11 bits per heavy atom. The normalized spacial score (nSPS) is 16.9. The number of phenolic OH excluding ortho intramolecular Hbond substituents is 1. The Morgan fingerprint density at radius 3 is 2.77 bits per heavy atom. The van der Waals surface area contributed by atoms with Crippen LogP contribution in [-0.4, -0.2) is 16.8 Å². The highest BCUT2D eigenvalue weighted by atomic mass is 32.1. The van der Waals surface area contributed by atoms with Crippen LogP contribution in [0.15, 0.2) is 82.1 Å². The van der Waals surface area contributed by atoms with Crippen LogP contribution in [0.4, 0.5) is 4.39 Å². The molecule has 5 nitrogen and oxygen atoms in total. The van der Waals surface area contributed by atoms with Crippen molar-refractivity contribution in [3.05, 3.63) is 120 Å². The second-order valence-electron chi connectivity index (χ2n) is 8.57. The fourth-order valence-electron chi connectivity index (χ4n) is 4.96. The molecule has 1 aromatic heterocycles. The molecule has 0 bridgehead atoms. The molecule has 0 saturated heterocycles. The number of aromatic hydroxyl groups is 1. The minimum Gasteiger partial charge on any atom is -0.504 e. The van der Waals surface area contributed by atoms with Crippen molar-refractivity contribution < 1.29 is 14.2 Å². The van der Waals surface area contributed by atoms with E-state index < -0.39 is 6.04 Å². The van der Waals surface area contributed by atoms with Gasteiger partial charge in [0, 0.05) is 11.1 Å². The number of methoxy groups -OCH3 is 1. The largest absolute Gasteiger partial charge is 0.504 e. The van der Waals surface area contributed by atoms with Gasteiger partial charge in [0.2, 0.25) is 0 Å². The van der Waals surface area contributed by atoms with E-state index in [0.717, 1.165) is 29.7 Å². The standard InChI is InChI=1S/C28H21FN2O3S/c1-34-22-11-5-8-18(26(22)32)15-23-27(33)31-25(17-7-4-9-19(29)14-17)21-13-12-16-6-2-3-10-20(16)24(21)30-28(31)35-23/h2-11,14-15,25,32H,12-13H2,1H3/b23-15-. The Morgan fingerprint density at radius 2 is 1.94 bits per heavy atom. The van der Waals surface area contributed by atoms with Gasteiger partial charge in [-0.05, 0) is 53.8 Å². The minimum atomic E-state index is -0.452. The second kappa shape index (κ2) is 8.36. The number of halogens is 1. The molecule has 1 atom stereocenters. The summed E-state index contributed by atoms with van der Waals surface area (Å²) < 4.78 is 21.6. The van der Waals surface area contributed by atoms with Gasteiger partial charge in [-0.25, -0.2) is 9.38 Å². The van der Waals surface area contributed by atoms with Gasteiger partial charge in [-0.15, -0.1) is 0 Å². The summed E-state index contributed by atoms with van der Waals surface area (Å²) in [6.45, 7) is 0. The van der Waals surface area contributed by atoms with E-state index in [1.807, 2.05) is 18.2 Å². The zero-order chi connectivity index (χ0) is 24.1. The number of phenols is 1. The van der Waals surface area contributed by atoms with E-state index in [2.05, 4.69) is 12.1 Å². The summed E-state index contributed by atoms with van der Waals surface area (Å²) in [5, 5.41) is 10.5. The molecule has 0 spiro atoms. The van der Waals surface area contributed by atoms with Gasteiger partial charge in [-0.3, -0.25) is 9.36 Å². The van der Waals surface area contributed by atoms with Crippen molar-refractivity contribution in [1.29, 1.82) is 0 Å². The summed E-state index contributed by atoms with van der Waals surface area (Å²) in [5.41, 5.74) is 5.10. The number of aromatic nitrogens is 1. The third-order valence-electron chi connectivity index (χ3n) is 6.57. The summed E-state index contributed by atoms with van der Waals surface area (Å²) >= 11 is 1.26. The molecule has 6 rings (SSSR count). The van der Waals surface area contributed by atoms with E-state index in [1.165, 1.54) is 36.1 Å². The number of thiazole rings is 1. The molecule has 7 heteroatoms. The molecule has 35 heavy (non-hydrogen) atoms. The quantitative estimate of drug-likeness (QED) is 0.475. The van der Waals surface area contributed by atoms with Crippen LogP contribution >= 0.6 is 11.3 Å². The van der Waals surface area contributed by atoms with Gasteiger partial charge in [0.25, 0.3) is 5.56 Å². The topological polar surface area (TPSA) is 63.8 Å². The van der Waals surface area contributed by atoms with Gasteiger partial charge in [-0.2, -0.15) is 0 Å². The maximum atomic E-state index is 14.3. The van der Waals surface area contributed by atoms with Crippen LogP contribution in [0.1, 0.15) is 34.7 Å². The Kier molecular flexibility index (Phi) is 5.15. The van der Waals surface area contributed by atoms with Crippen LogP contribution in [0.3, 0.4) is 0 Å². The maximum absolute atomic E-state index is 14.3. The van der Waals surface area contributed by atoms with E-state index in [-0.39, 0.29) is 17.1 Å². The van der Waals surface area contributed by atoms with E-state index in [9.17, 15) is 14.3 Å². The lowest BCUT2D eigenvalue weighted by Gasteiger charge is -2.30. The molecule has 1 unspecified atom stereocenters. The Labute approximate surface area is 204 Å². The number of ether oxygens (including phenoxy) is 1. The van der Waals surface area contributed by atoms with Crippen molar-refractivity contribution in [2.45, 2.75) is 18.9 Å². The molecule has 0 fully saturated rings. The highest BCUT2D eigenvalue weighted by Gasteiger charge is 2.32. The van der Waals surface area contributed by atoms with Crippen LogP contribution < -0.4 is 19.6 Å². The monoisotopic (exact) mass is 484 g/mol. The first kappa shape index (κ1) is 21.6. The average molecular weight is 485 g/mol. The van der Waals surface area contributed by atoms with Gasteiger partial charge in [0.15, 0.2) is 16.3 Å². The zero-order valence-corrected chi connectivity index (χ0v) is 19.7. The van der Waals surface area contributed by atoms with E-state index in [0.29, 0.717) is 26.2 Å². The number of aryl methyl sites for hydroxylation is 1. The molecular weight excluding hydrogens is 463 g/mol. The average Bonchev–Trinajstić information content (AvgIpc) is 3.18. The van der Waals surface area contributed by atoms with Crippen molar-refractivity contribution >= 4 is 23.1 Å². The predicted molar refractivity (Wildman–Crippen MR) is 134 cm³/mol. The summed E-state index contributed by atoms with van der Waals surface area (Å²) in [6.07, 6.45) is 3.22. The minimum absolute atomic E-state index is 0.0317. The van der Waals surface area contributed by atoms with Crippen LogP contribution in [0.25, 0.3) is 11.8 Å². The van der Waals surface area contributed by atoms with E-state index in [4.69, 9.17) is 9.73 Å². The number of rotatable bonds is 3. The van der Waals surface area contributed by atoms with Crippen LogP contribution in [0.2, 0.25) is 0 Å². The molecule has 1 aliphatic heterocycles. The third kappa shape index (κ3) is 3.51. The summed E-state index contributed by atoms with van der Waals surface area (Å²) in [5.74, 6) is -0.0479. The smallest absolute Gasteiger partial charge is 0.271 e. The Bertz CT molecular complexity index is 1700. The number of fused-ring (bicyclic) bond motifs is 3. The highest BCUT2D eigenvalue weighted by Crippen LogP contribution is 2.41. The number of hydrogen-bond acceptors (Lipinski definition) is 5. The first-order valence-corrected chi connectivity index (χ1v) is 12.1. The molecule has 0 saturated carbocycles. The molecule has 0 radical (unpaired) electrons. The van der Waals surface area contributed by atoms with Gasteiger partial charge >= 0.3 is 0 Å². The van der Waals surface area contributed by atoms with Gasteiger partial charge in [0.05, 0.1) is 23.4 Å². The number of nitrogens with zero attached hydrogens (tertiary/aromatic N) is 2. The fraction of sp³-hybridized carbons (Fsp3) is 0.143. The number of benzene rings is 3. The lowest BCUT2D eigenvalue weighted by atomic mass is 9.83. The molecule has 3 aromatic carbocycles. The lowest BCUT2D eigenvalue weighted by molar-refractivity contribution is 0.373. The number of allylic oxidation sites excluding steroid dienone is 1.